The van der Waals surface area contributed by atoms with Gasteiger partial charge in [-0.15, -0.1) is 6.58 Å². The topological polar surface area (TPSA) is 64.0 Å². The molecule has 0 radical (unpaired) electrons. The number of rotatable bonds is 6. The number of hydrogen-bond acceptors (Lipinski definition) is 4. The van der Waals surface area contributed by atoms with E-state index in [1.807, 2.05) is 18.2 Å². The molecule has 0 spiro atoms. The summed E-state index contributed by atoms with van der Waals surface area (Å²) in [5.41, 5.74) is 0.554. The number of nitrogens with zero attached hydrogens (tertiary/aromatic N) is 2. The number of benzene rings is 1. The molecule has 1 N–H and O–H groups in total. The fourth-order valence-corrected chi connectivity index (χ4v) is 4.53. The van der Waals surface area contributed by atoms with Crippen molar-refractivity contribution in [2.75, 3.05) is 5.75 Å². The molecule has 1 aromatic carbocycles. The van der Waals surface area contributed by atoms with E-state index in [2.05, 4.69) is 30.7 Å². The highest BCUT2D eigenvalue weighted by atomic mass is 32.2. The first-order valence-electron chi connectivity index (χ1n) is 9.54. The minimum Gasteiger partial charge on any atom is -0.352 e. The van der Waals surface area contributed by atoms with Gasteiger partial charge in [-0.3, -0.25) is 14.2 Å². The van der Waals surface area contributed by atoms with Crippen LogP contribution in [-0.4, -0.2) is 27.3 Å². The Balaban J connectivity index is 1.74. The average Bonchev–Trinajstić information content (AvgIpc) is 2.66. The number of carbonyl (C=O) groups is 1. The number of nitrogens with one attached hydrogen (secondary N) is 1. The van der Waals surface area contributed by atoms with E-state index in [0.29, 0.717) is 34.4 Å². The highest BCUT2D eigenvalue weighted by Crippen LogP contribution is 2.29. The SMILES string of the molecule is C=CCn1c(SCC(=O)N[C@H]2CCC[C@H](C)[C@H]2C)nc2ccccc2c1=O. The van der Waals surface area contributed by atoms with Gasteiger partial charge in [0.2, 0.25) is 5.91 Å². The van der Waals surface area contributed by atoms with Crippen LogP contribution in [0, 0.1) is 11.8 Å². The molecule has 1 aromatic heterocycles. The summed E-state index contributed by atoms with van der Waals surface area (Å²) in [6.07, 6.45) is 5.11. The number of thioether (sulfide) groups is 1. The van der Waals surface area contributed by atoms with Crippen molar-refractivity contribution < 1.29 is 4.79 Å². The van der Waals surface area contributed by atoms with E-state index >= 15 is 0 Å². The second kappa shape index (κ2) is 8.74. The van der Waals surface area contributed by atoms with Crippen LogP contribution in [0.15, 0.2) is 46.9 Å². The number of para-hydroxylation sites is 1. The van der Waals surface area contributed by atoms with Crippen LogP contribution < -0.4 is 10.9 Å². The smallest absolute Gasteiger partial charge is 0.262 e. The summed E-state index contributed by atoms with van der Waals surface area (Å²) >= 11 is 1.31. The Morgan fingerprint density at radius 1 is 1.37 bits per heavy atom. The molecule has 2 aromatic rings. The monoisotopic (exact) mass is 385 g/mol. The molecule has 27 heavy (non-hydrogen) atoms. The van der Waals surface area contributed by atoms with Gasteiger partial charge in [0, 0.05) is 12.6 Å². The van der Waals surface area contributed by atoms with Gasteiger partial charge in [-0.05, 0) is 30.4 Å². The third-order valence-electron chi connectivity index (χ3n) is 5.52. The van der Waals surface area contributed by atoms with Gasteiger partial charge in [-0.2, -0.15) is 0 Å². The Morgan fingerprint density at radius 3 is 2.93 bits per heavy atom. The van der Waals surface area contributed by atoms with Gasteiger partial charge < -0.3 is 5.32 Å². The lowest BCUT2D eigenvalue weighted by molar-refractivity contribution is -0.120. The number of fused-ring (bicyclic) bond motifs is 1. The lowest BCUT2D eigenvalue weighted by atomic mass is 9.78. The normalized spacial score (nSPS) is 22.5. The Labute approximate surface area is 164 Å². The maximum Gasteiger partial charge on any atom is 0.262 e. The highest BCUT2D eigenvalue weighted by molar-refractivity contribution is 7.99. The minimum atomic E-state index is -0.0989. The molecule has 3 atom stereocenters. The molecule has 1 heterocycles. The Bertz CT molecular complexity index is 893. The zero-order valence-electron chi connectivity index (χ0n) is 16.0. The van der Waals surface area contributed by atoms with E-state index in [4.69, 9.17) is 0 Å². The van der Waals surface area contributed by atoms with E-state index in [0.717, 1.165) is 12.8 Å². The number of amides is 1. The molecule has 1 saturated carbocycles. The zero-order valence-corrected chi connectivity index (χ0v) is 16.8. The largest absolute Gasteiger partial charge is 0.352 e. The van der Waals surface area contributed by atoms with Gasteiger partial charge in [-0.1, -0.05) is 56.7 Å². The molecule has 144 valence electrons. The van der Waals surface area contributed by atoms with Crippen LogP contribution in [0.1, 0.15) is 33.1 Å². The fraction of sp³-hybridized carbons (Fsp3) is 0.476. The summed E-state index contributed by atoms with van der Waals surface area (Å²) in [7, 11) is 0. The first kappa shape index (κ1) is 19.7. The summed E-state index contributed by atoms with van der Waals surface area (Å²) in [5, 5.41) is 4.31. The number of carbonyl (C=O) groups excluding carboxylic acids is 1. The van der Waals surface area contributed by atoms with Crippen molar-refractivity contribution >= 4 is 28.6 Å². The van der Waals surface area contributed by atoms with Crippen LogP contribution in [-0.2, 0) is 11.3 Å². The molecular weight excluding hydrogens is 358 g/mol. The second-order valence-electron chi connectivity index (χ2n) is 7.35. The quantitative estimate of drug-likeness (QED) is 0.469. The molecular formula is C21H27N3O2S. The van der Waals surface area contributed by atoms with Crippen LogP contribution in [0.3, 0.4) is 0 Å². The first-order valence-corrected chi connectivity index (χ1v) is 10.5. The molecule has 1 fully saturated rings. The fourth-order valence-electron chi connectivity index (χ4n) is 3.71. The molecule has 1 aliphatic rings. The van der Waals surface area contributed by atoms with Crippen molar-refractivity contribution in [2.24, 2.45) is 11.8 Å². The van der Waals surface area contributed by atoms with Crippen molar-refractivity contribution in [3.05, 3.63) is 47.3 Å². The molecule has 0 unspecified atom stereocenters. The third-order valence-corrected chi connectivity index (χ3v) is 6.50. The minimum absolute atomic E-state index is 0.00138. The molecule has 3 rings (SSSR count). The van der Waals surface area contributed by atoms with Gasteiger partial charge in [0.25, 0.3) is 5.56 Å². The number of aromatic nitrogens is 2. The molecule has 0 saturated heterocycles. The van der Waals surface area contributed by atoms with Gasteiger partial charge in [0.05, 0.1) is 16.7 Å². The summed E-state index contributed by atoms with van der Waals surface area (Å²) in [6.45, 7) is 8.57. The van der Waals surface area contributed by atoms with Gasteiger partial charge >= 0.3 is 0 Å². The lowest BCUT2D eigenvalue weighted by Crippen LogP contribution is -2.44. The summed E-state index contributed by atoms with van der Waals surface area (Å²) in [6, 6.07) is 7.53. The predicted octanol–water partition coefficient (Wildman–Crippen LogP) is 3.62. The van der Waals surface area contributed by atoms with Crippen LogP contribution >= 0.6 is 11.8 Å². The molecule has 1 aliphatic carbocycles. The summed E-state index contributed by atoms with van der Waals surface area (Å²) in [4.78, 5) is 29.8. The summed E-state index contributed by atoms with van der Waals surface area (Å²) < 4.78 is 1.58. The Kier molecular flexibility index (Phi) is 6.37. The maximum absolute atomic E-state index is 12.7. The Morgan fingerprint density at radius 2 is 2.15 bits per heavy atom. The lowest BCUT2D eigenvalue weighted by Gasteiger charge is -2.34. The average molecular weight is 386 g/mol. The molecule has 0 bridgehead atoms. The molecule has 0 aliphatic heterocycles. The van der Waals surface area contributed by atoms with E-state index in [9.17, 15) is 9.59 Å². The van der Waals surface area contributed by atoms with E-state index < -0.39 is 0 Å². The van der Waals surface area contributed by atoms with Crippen LogP contribution in [0.25, 0.3) is 10.9 Å². The third kappa shape index (κ3) is 4.43. The predicted molar refractivity (Wildman–Crippen MR) is 111 cm³/mol. The summed E-state index contributed by atoms with van der Waals surface area (Å²) in [5.74, 6) is 1.38. The van der Waals surface area contributed by atoms with E-state index in [-0.39, 0.29) is 23.3 Å². The van der Waals surface area contributed by atoms with Gasteiger partial charge in [-0.25, -0.2) is 4.98 Å². The van der Waals surface area contributed by atoms with E-state index in [1.54, 1.807) is 16.7 Å². The maximum atomic E-state index is 12.7. The highest BCUT2D eigenvalue weighted by Gasteiger charge is 2.28. The van der Waals surface area contributed by atoms with Crippen molar-refractivity contribution in [3.8, 4) is 0 Å². The van der Waals surface area contributed by atoms with E-state index in [1.165, 1.54) is 18.2 Å². The second-order valence-corrected chi connectivity index (χ2v) is 8.29. The van der Waals surface area contributed by atoms with Crippen molar-refractivity contribution in [3.63, 3.8) is 0 Å². The van der Waals surface area contributed by atoms with Crippen LogP contribution in [0.4, 0.5) is 0 Å². The molecule has 1 amide bonds. The van der Waals surface area contributed by atoms with Crippen molar-refractivity contribution in [1.82, 2.24) is 14.9 Å². The number of allylic oxidation sites excluding steroid dienone is 1. The molecule has 6 heteroatoms. The number of hydrogen-bond donors (Lipinski definition) is 1. The van der Waals surface area contributed by atoms with Crippen LogP contribution in [0.5, 0.6) is 0 Å². The van der Waals surface area contributed by atoms with Crippen molar-refractivity contribution in [2.45, 2.75) is 50.9 Å². The first-order chi connectivity index (χ1) is 13.0. The standard InChI is InChI=1S/C21H27N3O2S/c1-4-12-24-20(26)16-9-5-6-10-18(16)23-21(24)27-13-19(25)22-17-11-7-8-14(2)15(17)3/h4-6,9-10,14-15,17H,1,7-8,11-13H2,2-3H3,(H,22,25)/t14-,15+,17-/m0/s1. The Hall–Kier alpha value is -2.08. The van der Waals surface area contributed by atoms with Crippen molar-refractivity contribution in [1.29, 1.82) is 0 Å². The van der Waals surface area contributed by atoms with Gasteiger partial charge in [0.15, 0.2) is 5.16 Å². The van der Waals surface area contributed by atoms with Crippen LogP contribution in [0.2, 0.25) is 0 Å². The molecule has 5 nitrogen and oxygen atoms in total. The van der Waals surface area contributed by atoms with Gasteiger partial charge in [0.1, 0.15) is 0 Å². The zero-order chi connectivity index (χ0) is 19.4.